The van der Waals surface area contributed by atoms with E-state index < -0.39 is 5.41 Å². The molecule has 0 saturated carbocycles. The van der Waals surface area contributed by atoms with Gasteiger partial charge in [-0.1, -0.05) is 189 Å². The lowest BCUT2D eigenvalue weighted by molar-refractivity contribution is 0.653. The minimum Gasteiger partial charge on any atom is -0.236 e. The SMILES string of the molecule is CC1(C)c2ccccc2-c2cc3c(cc21)Sc1ccccc1C31c2ccccc2-c2ccccc2-c2ccc(-c3cc(-c4cnc(-c5ccccc5)nc4)nc(-c4ccccc4)n3)cc21. The van der Waals surface area contributed by atoms with Crippen molar-refractivity contribution in [3.8, 4) is 78.7 Å². The molecule has 13 rings (SSSR count). The number of benzene rings is 8. The summed E-state index contributed by atoms with van der Waals surface area (Å²) in [6.45, 7) is 4.76. The van der Waals surface area contributed by atoms with Crippen molar-refractivity contribution >= 4 is 11.8 Å². The lowest BCUT2D eigenvalue weighted by atomic mass is 9.62. The van der Waals surface area contributed by atoms with Gasteiger partial charge in [0.25, 0.3) is 0 Å². The van der Waals surface area contributed by atoms with E-state index >= 15 is 0 Å². The number of fused-ring (bicyclic) bond motifs is 14. The summed E-state index contributed by atoms with van der Waals surface area (Å²) in [6, 6.07) is 70.7. The predicted octanol–water partition coefficient (Wildman–Crippen LogP) is 14.7. The van der Waals surface area contributed by atoms with Gasteiger partial charge in [0, 0.05) is 49.9 Å². The van der Waals surface area contributed by atoms with E-state index in [-0.39, 0.29) is 5.41 Å². The summed E-state index contributed by atoms with van der Waals surface area (Å²) in [5.41, 5.74) is 19.8. The normalized spacial score (nSPS) is 15.7. The fourth-order valence-corrected chi connectivity index (χ4v) is 12.1. The summed E-state index contributed by atoms with van der Waals surface area (Å²) in [5.74, 6) is 1.32. The Labute approximate surface area is 382 Å². The molecule has 0 saturated heterocycles. The molecular weight excluding hydrogens is 809 g/mol. The maximum absolute atomic E-state index is 5.38. The molecule has 0 radical (unpaired) electrons. The molecule has 0 bridgehead atoms. The van der Waals surface area contributed by atoms with E-state index in [1.165, 1.54) is 76.6 Å². The second kappa shape index (κ2) is 14.4. The largest absolute Gasteiger partial charge is 0.236 e. The summed E-state index contributed by atoms with van der Waals surface area (Å²) in [4.78, 5) is 22.7. The van der Waals surface area contributed by atoms with Crippen LogP contribution in [0.15, 0.2) is 216 Å². The van der Waals surface area contributed by atoms with Gasteiger partial charge in [-0.05, 0) is 97.1 Å². The van der Waals surface area contributed by atoms with Crippen LogP contribution in [0.4, 0.5) is 0 Å². The molecule has 1 unspecified atom stereocenters. The number of aromatic nitrogens is 4. The van der Waals surface area contributed by atoms with Crippen LogP contribution in [0.5, 0.6) is 0 Å². The fraction of sp³-hybridized carbons (Fsp3) is 0.0667. The Kier molecular flexibility index (Phi) is 8.37. The Balaban J connectivity index is 1.11. The Hall–Kier alpha value is -7.73. The molecule has 5 heteroatoms. The van der Waals surface area contributed by atoms with Crippen LogP contribution in [-0.2, 0) is 10.8 Å². The Bertz CT molecular complexity index is 3540. The minimum atomic E-state index is -0.700. The van der Waals surface area contributed by atoms with Crippen LogP contribution in [0.1, 0.15) is 47.2 Å². The quantitative estimate of drug-likeness (QED) is 0.177. The second-order valence-electron chi connectivity index (χ2n) is 17.8. The van der Waals surface area contributed by atoms with E-state index in [1.807, 2.05) is 72.7 Å². The minimum absolute atomic E-state index is 0.136. The first-order valence-electron chi connectivity index (χ1n) is 22.2. The first kappa shape index (κ1) is 37.8. The molecule has 0 amide bonds. The summed E-state index contributed by atoms with van der Waals surface area (Å²) < 4.78 is 0. The molecule has 1 spiro atoms. The summed E-state index contributed by atoms with van der Waals surface area (Å²) in [6.07, 6.45) is 3.75. The molecule has 65 heavy (non-hydrogen) atoms. The number of nitrogens with zero attached hydrogens (tertiary/aromatic N) is 4. The highest BCUT2D eigenvalue weighted by atomic mass is 32.2. The van der Waals surface area contributed by atoms with Crippen molar-refractivity contribution in [2.24, 2.45) is 0 Å². The van der Waals surface area contributed by atoms with Crippen LogP contribution < -0.4 is 0 Å². The van der Waals surface area contributed by atoms with Gasteiger partial charge in [-0.3, -0.25) is 0 Å². The highest BCUT2D eigenvalue weighted by Gasteiger charge is 2.50. The molecule has 0 N–H and O–H groups in total. The van der Waals surface area contributed by atoms with Crippen molar-refractivity contribution in [2.75, 3.05) is 0 Å². The first-order chi connectivity index (χ1) is 32.0. The first-order valence-corrected chi connectivity index (χ1v) is 23.0. The molecule has 1 aliphatic heterocycles. The van der Waals surface area contributed by atoms with E-state index in [1.54, 1.807) is 0 Å². The molecule has 10 aromatic rings. The van der Waals surface area contributed by atoms with Crippen molar-refractivity contribution in [1.82, 2.24) is 19.9 Å². The molecule has 1 atom stereocenters. The highest BCUT2D eigenvalue weighted by molar-refractivity contribution is 7.99. The van der Waals surface area contributed by atoms with Crippen LogP contribution in [0, 0.1) is 0 Å². The monoisotopic (exact) mass is 848 g/mol. The zero-order valence-corrected chi connectivity index (χ0v) is 36.6. The summed E-state index contributed by atoms with van der Waals surface area (Å²) in [7, 11) is 0. The number of rotatable bonds is 4. The maximum atomic E-state index is 5.38. The maximum Gasteiger partial charge on any atom is 0.160 e. The van der Waals surface area contributed by atoms with Crippen LogP contribution in [0.2, 0.25) is 0 Å². The average Bonchev–Trinajstić information content (AvgIpc) is 3.53. The van der Waals surface area contributed by atoms with Crippen molar-refractivity contribution < 1.29 is 0 Å². The van der Waals surface area contributed by atoms with Gasteiger partial charge in [0.2, 0.25) is 0 Å². The Morgan fingerprint density at radius 1 is 0.338 bits per heavy atom. The molecule has 8 aromatic carbocycles. The van der Waals surface area contributed by atoms with E-state index in [4.69, 9.17) is 19.9 Å². The van der Waals surface area contributed by atoms with Gasteiger partial charge in [0.05, 0.1) is 16.8 Å². The molecule has 3 aliphatic rings. The highest BCUT2D eigenvalue weighted by Crippen LogP contribution is 2.63. The van der Waals surface area contributed by atoms with E-state index in [0.717, 1.165) is 33.6 Å². The van der Waals surface area contributed by atoms with Crippen molar-refractivity contribution in [3.05, 3.63) is 240 Å². The number of hydrogen-bond acceptors (Lipinski definition) is 5. The summed E-state index contributed by atoms with van der Waals surface area (Å²) in [5, 5.41) is 0. The van der Waals surface area contributed by atoms with Gasteiger partial charge >= 0.3 is 0 Å². The van der Waals surface area contributed by atoms with Crippen LogP contribution in [0.3, 0.4) is 0 Å². The summed E-state index contributed by atoms with van der Waals surface area (Å²) >= 11 is 1.90. The van der Waals surface area contributed by atoms with Crippen LogP contribution in [-0.4, -0.2) is 19.9 Å². The predicted molar refractivity (Wildman–Crippen MR) is 264 cm³/mol. The van der Waals surface area contributed by atoms with Gasteiger partial charge in [-0.2, -0.15) is 0 Å². The van der Waals surface area contributed by atoms with Crippen LogP contribution in [0.25, 0.3) is 78.7 Å². The van der Waals surface area contributed by atoms with E-state index in [9.17, 15) is 0 Å². The van der Waals surface area contributed by atoms with Crippen molar-refractivity contribution in [3.63, 3.8) is 0 Å². The van der Waals surface area contributed by atoms with Crippen molar-refractivity contribution in [1.29, 1.82) is 0 Å². The number of hydrogen-bond donors (Lipinski definition) is 0. The molecule has 4 nitrogen and oxygen atoms in total. The topological polar surface area (TPSA) is 51.6 Å². The van der Waals surface area contributed by atoms with Gasteiger partial charge in [-0.15, -0.1) is 0 Å². The lowest BCUT2D eigenvalue weighted by Crippen LogP contribution is -2.35. The molecule has 2 aromatic heterocycles. The van der Waals surface area contributed by atoms with Crippen molar-refractivity contribution in [2.45, 2.75) is 34.5 Å². The molecule has 3 heterocycles. The van der Waals surface area contributed by atoms with E-state index in [2.05, 4.69) is 159 Å². The third kappa shape index (κ3) is 5.65. The molecular formula is C60H40N4S. The second-order valence-corrected chi connectivity index (χ2v) is 18.8. The van der Waals surface area contributed by atoms with Gasteiger partial charge in [0.15, 0.2) is 11.6 Å². The van der Waals surface area contributed by atoms with Gasteiger partial charge in [-0.25, -0.2) is 19.9 Å². The average molecular weight is 849 g/mol. The Morgan fingerprint density at radius 3 is 1.57 bits per heavy atom. The zero-order valence-electron chi connectivity index (χ0n) is 35.8. The molecule has 0 fully saturated rings. The zero-order chi connectivity index (χ0) is 43.3. The fourth-order valence-electron chi connectivity index (χ4n) is 10.9. The molecule has 306 valence electrons. The smallest absolute Gasteiger partial charge is 0.160 e. The molecule has 2 aliphatic carbocycles. The lowest BCUT2D eigenvalue weighted by Gasteiger charge is -2.43. The third-order valence-electron chi connectivity index (χ3n) is 13.9. The van der Waals surface area contributed by atoms with Gasteiger partial charge < -0.3 is 0 Å². The standard InChI is InChI=1S/C60H40N4S/c1-59(2)47-25-13-11-24-44(47)46-32-52-56(33-50(46)59)65-55-28-16-15-27-49(55)60(52)48-26-14-12-23-43(48)41-21-9-10-22-42(41)45-30-29-39(31-51(45)60)53-34-54(64-58(63-53)38-19-7-4-8-20-38)40-35-61-57(62-36-40)37-17-5-3-6-18-37/h3-36H,1-2H3. The van der Waals surface area contributed by atoms with Crippen LogP contribution >= 0.6 is 11.8 Å². The van der Waals surface area contributed by atoms with Gasteiger partial charge in [0.1, 0.15) is 0 Å². The Morgan fingerprint density at radius 2 is 0.877 bits per heavy atom. The third-order valence-corrected chi connectivity index (χ3v) is 15.0. The van der Waals surface area contributed by atoms with E-state index in [0.29, 0.717) is 11.6 Å².